The molecule has 0 aromatic rings. The molecule has 0 radical (unpaired) electrons. The summed E-state index contributed by atoms with van der Waals surface area (Å²) in [6, 6.07) is 0.492. The maximum absolute atomic E-state index is 11.4. The van der Waals surface area contributed by atoms with E-state index in [9.17, 15) is 9.59 Å². The van der Waals surface area contributed by atoms with Gasteiger partial charge in [-0.15, -0.1) is 12.4 Å². The van der Waals surface area contributed by atoms with Gasteiger partial charge in [-0.2, -0.15) is 0 Å². The molecule has 1 unspecified atom stereocenters. The van der Waals surface area contributed by atoms with Gasteiger partial charge in [-0.25, -0.2) is 0 Å². The quantitative estimate of drug-likeness (QED) is 0.690. The van der Waals surface area contributed by atoms with Gasteiger partial charge in [-0.1, -0.05) is 0 Å². The summed E-state index contributed by atoms with van der Waals surface area (Å²) in [5, 5.41) is 6.05. The maximum Gasteiger partial charge on any atom is 0.307 e. The van der Waals surface area contributed by atoms with Crippen LogP contribution in [0.1, 0.15) is 32.1 Å². The molecule has 1 heterocycles. The van der Waals surface area contributed by atoms with Crippen molar-refractivity contribution < 1.29 is 14.3 Å². The van der Waals surface area contributed by atoms with E-state index < -0.39 is 0 Å². The first-order valence-corrected chi connectivity index (χ1v) is 5.79. The third kappa shape index (κ3) is 7.18. The Hall–Kier alpha value is -0.810. The number of rotatable bonds is 6. The molecule has 1 aliphatic rings. The lowest BCUT2D eigenvalue weighted by Crippen LogP contribution is -2.29. The zero-order valence-corrected chi connectivity index (χ0v) is 11.0. The van der Waals surface area contributed by atoms with Crippen LogP contribution >= 0.6 is 12.4 Å². The summed E-state index contributed by atoms with van der Waals surface area (Å²) < 4.78 is 4.47. The van der Waals surface area contributed by atoms with Crippen LogP contribution in [0.25, 0.3) is 0 Å². The second-order valence-electron chi connectivity index (χ2n) is 4.01. The van der Waals surface area contributed by atoms with Crippen molar-refractivity contribution >= 4 is 24.3 Å². The van der Waals surface area contributed by atoms with Gasteiger partial charge >= 0.3 is 5.97 Å². The molecule has 0 bridgehead atoms. The smallest absolute Gasteiger partial charge is 0.307 e. The van der Waals surface area contributed by atoms with Gasteiger partial charge in [0.05, 0.1) is 13.5 Å². The first-order chi connectivity index (χ1) is 7.72. The number of methoxy groups -OCH3 is 1. The Morgan fingerprint density at radius 2 is 2.18 bits per heavy atom. The Labute approximate surface area is 108 Å². The second kappa shape index (κ2) is 9.24. The highest BCUT2D eigenvalue weighted by Crippen LogP contribution is 2.10. The molecule has 0 saturated carbocycles. The van der Waals surface area contributed by atoms with E-state index in [0.717, 1.165) is 19.4 Å². The SMILES string of the molecule is COC(=O)CCNC(=O)CCC1CCCN1.Cl. The minimum Gasteiger partial charge on any atom is -0.469 e. The average molecular weight is 265 g/mol. The van der Waals surface area contributed by atoms with E-state index in [1.54, 1.807) is 0 Å². The predicted octanol–water partition coefficient (Wildman–Crippen LogP) is 0.620. The van der Waals surface area contributed by atoms with E-state index in [-0.39, 0.29) is 30.7 Å². The lowest BCUT2D eigenvalue weighted by Gasteiger charge is -2.09. The highest BCUT2D eigenvalue weighted by Gasteiger charge is 2.15. The molecule has 2 N–H and O–H groups in total. The normalized spacial score (nSPS) is 18.3. The molecule has 6 heteroatoms. The van der Waals surface area contributed by atoms with E-state index >= 15 is 0 Å². The van der Waals surface area contributed by atoms with E-state index in [1.165, 1.54) is 13.5 Å². The molecule has 0 aromatic heterocycles. The van der Waals surface area contributed by atoms with Crippen molar-refractivity contribution in [3.8, 4) is 0 Å². The summed E-state index contributed by atoms with van der Waals surface area (Å²) in [6.45, 7) is 1.43. The first-order valence-electron chi connectivity index (χ1n) is 5.79. The Balaban J connectivity index is 0.00000256. The Kier molecular flexibility index (Phi) is 8.80. The predicted molar refractivity (Wildman–Crippen MR) is 67.1 cm³/mol. The lowest BCUT2D eigenvalue weighted by molar-refractivity contribution is -0.140. The average Bonchev–Trinajstić information content (AvgIpc) is 2.79. The Bertz CT molecular complexity index is 243. The van der Waals surface area contributed by atoms with Crippen molar-refractivity contribution in [1.82, 2.24) is 10.6 Å². The van der Waals surface area contributed by atoms with Crippen molar-refractivity contribution in [2.75, 3.05) is 20.2 Å². The van der Waals surface area contributed by atoms with Gasteiger partial charge < -0.3 is 15.4 Å². The standard InChI is InChI=1S/C11H20N2O3.ClH/c1-16-11(15)6-8-13-10(14)5-4-9-3-2-7-12-9;/h9,12H,2-8H2,1H3,(H,13,14);1H. The van der Waals surface area contributed by atoms with Gasteiger partial charge in [-0.05, 0) is 25.8 Å². The van der Waals surface area contributed by atoms with Crippen molar-refractivity contribution in [2.24, 2.45) is 0 Å². The molecule has 1 rings (SSSR count). The third-order valence-corrected chi connectivity index (χ3v) is 2.76. The molecule has 1 aliphatic heterocycles. The van der Waals surface area contributed by atoms with Gasteiger partial charge in [0, 0.05) is 19.0 Å². The summed E-state index contributed by atoms with van der Waals surface area (Å²) in [4.78, 5) is 22.2. The summed E-state index contributed by atoms with van der Waals surface area (Å²) in [5.41, 5.74) is 0. The van der Waals surface area contributed by atoms with Gasteiger partial charge in [-0.3, -0.25) is 9.59 Å². The molecule has 17 heavy (non-hydrogen) atoms. The van der Waals surface area contributed by atoms with E-state index in [2.05, 4.69) is 15.4 Å². The number of nitrogens with one attached hydrogen (secondary N) is 2. The highest BCUT2D eigenvalue weighted by atomic mass is 35.5. The highest BCUT2D eigenvalue weighted by molar-refractivity contribution is 5.85. The van der Waals surface area contributed by atoms with Crippen molar-refractivity contribution in [3.05, 3.63) is 0 Å². The molecule has 1 saturated heterocycles. The number of carbonyl (C=O) groups excluding carboxylic acids is 2. The van der Waals surface area contributed by atoms with E-state index in [4.69, 9.17) is 0 Å². The van der Waals surface area contributed by atoms with Gasteiger partial charge in [0.1, 0.15) is 0 Å². The van der Waals surface area contributed by atoms with Crippen molar-refractivity contribution in [1.29, 1.82) is 0 Å². The number of ether oxygens (including phenoxy) is 1. The van der Waals surface area contributed by atoms with Crippen LogP contribution in [0.4, 0.5) is 0 Å². The fourth-order valence-electron chi connectivity index (χ4n) is 1.80. The molecular formula is C11H21ClN2O3. The summed E-state index contributed by atoms with van der Waals surface area (Å²) in [7, 11) is 1.34. The van der Waals surface area contributed by atoms with Crippen LogP contribution in [0.5, 0.6) is 0 Å². The minimum absolute atomic E-state index is 0. The topological polar surface area (TPSA) is 67.4 Å². The number of esters is 1. The van der Waals surface area contributed by atoms with E-state index in [0.29, 0.717) is 19.0 Å². The first kappa shape index (κ1) is 16.2. The molecule has 5 nitrogen and oxygen atoms in total. The van der Waals surface area contributed by atoms with Crippen LogP contribution in [0.15, 0.2) is 0 Å². The van der Waals surface area contributed by atoms with Crippen LogP contribution in [-0.2, 0) is 14.3 Å². The van der Waals surface area contributed by atoms with E-state index in [1.807, 2.05) is 0 Å². The summed E-state index contributed by atoms with van der Waals surface area (Å²) >= 11 is 0. The Morgan fingerprint density at radius 1 is 1.41 bits per heavy atom. The van der Waals surface area contributed by atoms with Gasteiger partial charge in [0.2, 0.25) is 5.91 Å². The molecule has 0 aliphatic carbocycles. The molecule has 100 valence electrons. The maximum atomic E-state index is 11.4. The molecule has 1 fully saturated rings. The van der Waals surface area contributed by atoms with Crippen LogP contribution in [-0.4, -0.2) is 38.1 Å². The third-order valence-electron chi connectivity index (χ3n) is 2.76. The number of carbonyl (C=O) groups is 2. The zero-order chi connectivity index (χ0) is 11.8. The number of hydrogen-bond donors (Lipinski definition) is 2. The molecule has 1 atom stereocenters. The van der Waals surface area contributed by atoms with Crippen LogP contribution in [0.2, 0.25) is 0 Å². The minimum atomic E-state index is -0.294. The molecule has 0 spiro atoms. The largest absolute Gasteiger partial charge is 0.469 e. The lowest BCUT2D eigenvalue weighted by atomic mass is 10.1. The zero-order valence-electron chi connectivity index (χ0n) is 10.2. The van der Waals surface area contributed by atoms with Crippen molar-refractivity contribution in [2.45, 2.75) is 38.1 Å². The number of halogens is 1. The van der Waals surface area contributed by atoms with Crippen molar-refractivity contribution in [3.63, 3.8) is 0 Å². The fourth-order valence-corrected chi connectivity index (χ4v) is 1.80. The number of amides is 1. The van der Waals surface area contributed by atoms with Gasteiger partial charge in [0.25, 0.3) is 0 Å². The van der Waals surface area contributed by atoms with Crippen LogP contribution in [0.3, 0.4) is 0 Å². The van der Waals surface area contributed by atoms with Crippen LogP contribution in [0, 0.1) is 0 Å². The van der Waals surface area contributed by atoms with Crippen LogP contribution < -0.4 is 10.6 Å². The summed E-state index contributed by atoms with van der Waals surface area (Å²) in [6.07, 6.45) is 4.01. The fraction of sp³-hybridized carbons (Fsp3) is 0.818. The monoisotopic (exact) mass is 264 g/mol. The number of hydrogen-bond acceptors (Lipinski definition) is 4. The Morgan fingerprint density at radius 3 is 2.76 bits per heavy atom. The second-order valence-corrected chi connectivity index (χ2v) is 4.01. The molecule has 1 amide bonds. The van der Waals surface area contributed by atoms with Gasteiger partial charge in [0.15, 0.2) is 0 Å². The molecular weight excluding hydrogens is 244 g/mol. The summed E-state index contributed by atoms with van der Waals surface area (Å²) in [5.74, 6) is -0.282. The molecule has 0 aromatic carbocycles.